The number of ketones is 1. The quantitative estimate of drug-likeness (QED) is 0.262. The highest BCUT2D eigenvalue weighted by Gasteiger charge is 2.30. The van der Waals surface area contributed by atoms with Crippen molar-refractivity contribution in [2.75, 3.05) is 13.2 Å². The van der Waals surface area contributed by atoms with Crippen LogP contribution in [0.25, 0.3) is 0 Å². The van der Waals surface area contributed by atoms with E-state index in [0.29, 0.717) is 0 Å². The van der Waals surface area contributed by atoms with Crippen molar-refractivity contribution < 1.29 is 35.4 Å². The summed E-state index contributed by atoms with van der Waals surface area (Å²) < 4.78 is 0. The Morgan fingerprint density at radius 3 is 1.80 bits per heavy atom. The van der Waals surface area contributed by atoms with Crippen molar-refractivity contribution in [2.45, 2.75) is 30.8 Å². The van der Waals surface area contributed by atoms with E-state index in [1.807, 2.05) is 0 Å². The Hall–Kier alpha value is -0.570. The molecule has 0 aliphatic rings. The third-order valence-corrected chi connectivity index (χ3v) is 1.94. The maximum absolute atomic E-state index is 10.7. The van der Waals surface area contributed by atoms with E-state index in [1.54, 1.807) is 0 Å². The minimum absolute atomic E-state index is 0.535. The topological polar surface area (TPSA) is 138 Å². The molecule has 0 aromatic rings. The van der Waals surface area contributed by atoms with E-state index in [0.717, 1.165) is 0 Å². The van der Waals surface area contributed by atoms with Crippen LogP contribution in [0.1, 0.15) is 6.42 Å². The van der Waals surface area contributed by atoms with Gasteiger partial charge in [-0.1, -0.05) is 0 Å². The molecule has 90 valence electrons. The second kappa shape index (κ2) is 6.83. The molecule has 7 nitrogen and oxygen atoms in total. The van der Waals surface area contributed by atoms with Crippen LogP contribution in [0, 0.1) is 0 Å². The SMILES string of the molecule is O=C(CO)C[C@@H](O)[C@@H](O)[C@H](O)[C@H](O)CO. The third-order valence-electron chi connectivity index (χ3n) is 1.94. The van der Waals surface area contributed by atoms with E-state index in [9.17, 15) is 15.0 Å². The first-order valence-electron chi connectivity index (χ1n) is 4.39. The molecule has 0 amide bonds. The highest BCUT2D eigenvalue weighted by Crippen LogP contribution is 2.08. The number of carbonyl (C=O) groups excluding carboxylic acids is 1. The molecule has 0 radical (unpaired) electrons. The van der Waals surface area contributed by atoms with Gasteiger partial charge >= 0.3 is 0 Å². The van der Waals surface area contributed by atoms with Crippen molar-refractivity contribution in [2.24, 2.45) is 0 Å². The minimum Gasteiger partial charge on any atom is -0.394 e. The zero-order valence-corrected chi connectivity index (χ0v) is 8.02. The Bertz CT molecular complexity index is 195. The number of rotatable bonds is 7. The van der Waals surface area contributed by atoms with Crippen molar-refractivity contribution in [1.29, 1.82) is 0 Å². The normalized spacial score (nSPS) is 19.3. The molecule has 4 atom stereocenters. The zero-order valence-electron chi connectivity index (χ0n) is 8.02. The van der Waals surface area contributed by atoms with Crippen LogP contribution < -0.4 is 0 Å². The van der Waals surface area contributed by atoms with E-state index in [-0.39, 0.29) is 0 Å². The lowest BCUT2D eigenvalue weighted by Gasteiger charge is -2.25. The van der Waals surface area contributed by atoms with Gasteiger partial charge in [-0.3, -0.25) is 4.79 Å². The average Bonchev–Trinajstić information content (AvgIpc) is 2.25. The molecule has 0 fully saturated rings. The molecule has 0 saturated heterocycles. The maximum Gasteiger partial charge on any atom is 0.160 e. The molecule has 6 N–H and O–H groups in total. The smallest absolute Gasteiger partial charge is 0.160 e. The Labute approximate surface area is 86.2 Å². The van der Waals surface area contributed by atoms with Crippen LogP contribution >= 0.6 is 0 Å². The molecule has 0 rings (SSSR count). The predicted molar refractivity (Wildman–Crippen MR) is 47.8 cm³/mol. The van der Waals surface area contributed by atoms with Crippen molar-refractivity contribution >= 4 is 5.78 Å². The van der Waals surface area contributed by atoms with Gasteiger partial charge in [-0.05, 0) is 0 Å². The van der Waals surface area contributed by atoms with E-state index >= 15 is 0 Å². The van der Waals surface area contributed by atoms with Crippen LogP contribution in [0.15, 0.2) is 0 Å². The molecule has 7 heteroatoms. The largest absolute Gasteiger partial charge is 0.394 e. The Morgan fingerprint density at radius 2 is 1.40 bits per heavy atom. The number of hydrogen-bond acceptors (Lipinski definition) is 7. The van der Waals surface area contributed by atoms with Gasteiger partial charge in [-0.25, -0.2) is 0 Å². The summed E-state index contributed by atoms with van der Waals surface area (Å²) in [5, 5.41) is 53.3. The molecule has 0 aliphatic heterocycles. The van der Waals surface area contributed by atoms with E-state index < -0.39 is 49.8 Å². The minimum atomic E-state index is -1.76. The van der Waals surface area contributed by atoms with Gasteiger partial charge in [0.05, 0.1) is 12.7 Å². The Kier molecular flexibility index (Phi) is 6.57. The first-order valence-corrected chi connectivity index (χ1v) is 4.39. The molecule has 0 spiro atoms. The highest BCUT2D eigenvalue weighted by molar-refractivity contribution is 5.79. The highest BCUT2D eigenvalue weighted by atomic mass is 16.4. The molecule has 0 bridgehead atoms. The van der Waals surface area contributed by atoms with Crippen molar-refractivity contribution in [1.82, 2.24) is 0 Å². The molecule has 0 heterocycles. The summed E-state index contributed by atoms with van der Waals surface area (Å²) in [4.78, 5) is 10.7. The van der Waals surface area contributed by atoms with Crippen molar-refractivity contribution in [3.63, 3.8) is 0 Å². The average molecular weight is 224 g/mol. The fourth-order valence-corrected chi connectivity index (χ4v) is 0.982. The lowest BCUT2D eigenvalue weighted by molar-refractivity contribution is -0.134. The first kappa shape index (κ1) is 14.4. The van der Waals surface area contributed by atoms with Gasteiger partial charge < -0.3 is 30.6 Å². The first-order chi connectivity index (χ1) is 6.93. The fourth-order valence-electron chi connectivity index (χ4n) is 0.982. The second-order valence-electron chi connectivity index (χ2n) is 3.20. The van der Waals surface area contributed by atoms with Crippen LogP contribution in [0.3, 0.4) is 0 Å². The monoisotopic (exact) mass is 224 g/mol. The van der Waals surface area contributed by atoms with Gasteiger partial charge in [-0.15, -0.1) is 0 Å². The van der Waals surface area contributed by atoms with Crippen molar-refractivity contribution in [3.05, 3.63) is 0 Å². The molecular weight excluding hydrogens is 208 g/mol. The Balaban J connectivity index is 4.18. The van der Waals surface area contributed by atoms with Crippen molar-refractivity contribution in [3.8, 4) is 0 Å². The van der Waals surface area contributed by atoms with Crippen LogP contribution in [0.5, 0.6) is 0 Å². The second-order valence-corrected chi connectivity index (χ2v) is 3.20. The molecule has 0 aromatic heterocycles. The standard InChI is InChI=1S/C8H16O7/c9-2-4(11)1-5(12)7(14)8(15)6(13)3-10/h5-10,12-15H,1-3H2/t5-,6-,7-,8-/m1/s1. The lowest BCUT2D eigenvalue weighted by Crippen LogP contribution is -2.46. The predicted octanol–water partition coefficient (Wildman–Crippen LogP) is -3.63. The molecule has 0 saturated carbocycles. The number of aliphatic hydroxyl groups excluding tert-OH is 6. The third kappa shape index (κ3) is 4.65. The van der Waals surface area contributed by atoms with Gasteiger partial charge in [0, 0.05) is 6.42 Å². The van der Waals surface area contributed by atoms with E-state index in [2.05, 4.69) is 0 Å². The molecule has 0 unspecified atom stereocenters. The summed E-state index contributed by atoms with van der Waals surface area (Å²) in [6.07, 6.45) is -7.24. The molecular formula is C8H16O7. The van der Waals surface area contributed by atoms with Gasteiger partial charge in [0.15, 0.2) is 5.78 Å². The number of Topliss-reactive ketones (excluding diaryl/α,β-unsaturated/α-hetero) is 1. The summed E-state index contributed by atoms with van der Waals surface area (Å²) in [6, 6.07) is 0. The zero-order chi connectivity index (χ0) is 12.0. The maximum atomic E-state index is 10.7. The van der Waals surface area contributed by atoms with Gasteiger partial charge in [0.2, 0.25) is 0 Å². The Morgan fingerprint density at radius 1 is 0.933 bits per heavy atom. The van der Waals surface area contributed by atoms with Gasteiger partial charge in [0.1, 0.15) is 24.9 Å². The van der Waals surface area contributed by atoms with Gasteiger partial charge in [0.25, 0.3) is 0 Å². The number of aliphatic hydroxyl groups is 6. The number of hydrogen-bond donors (Lipinski definition) is 6. The van der Waals surface area contributed by atoms with Crippen LogP contribution in [-0.4, -0.2) is 74.1 Å². The van der Waals surface area contributed by atoms with Crippen LogP contribution in [-0.2, 0) is 4.79 Å². The van der Waals surface area contributed by atoms with Gasteiger partial charge in [-0.2, -0.15) is 0 Å². The molecule has 15 heavy (non-hydrogen) atoms. The summed E-state index contributed by atoms with van der Waals surface area (Å²) in [6.45, 7) is -1.55. The summed E-state index contributed by atoms with van der Waals surface area (Å²) in [5.74, 6) is -0.702. The van der Waals surface area contributed by atoms with Crippen LogP contribution in [0.4, 0.5) is 0 Å². The number of carbonyl (C=O) groups is 1. The summed E-state index contributed by atoms with van der Waals surface area (Å²) in [5.41, 5.74) is 0. The molecule has 0 aromatic carbocycles. The van der Waals surface area contributed by atoms with Crippen LogP contribution in [0.2, 0.25) is 0 Å². The summed E-state index contributed by atoms with van der Waals surface area (Å²) in [7, 11) is 0. The fraction of sp³-hybridized carbons (Fsp3) is 0.875. The lowest BCUT2D eigenvalue weighted by atomic mass is 10.00. The van der Waals surface area contributed by atoms with E-state index in [4.69, 9.17) is 20.4 Å². The molecule has 0 aliphatic carbocycles. The summed E-state index contributed by atoms with van der Waals surface area (Å²) >= 11 is 0. The van der Waals surface area contributed by atoms with E-state index in [1.165, 1.54) is 0 Å².